The molecule has 3 heterocycles. The molecular formula is C26H21N3O4S. The first-order valence-electron chi connectivity index (χ1n) is 10.8. The van der Waals surface area contributed by atoms with Gasteiger partial charge in [-0.2, -0.15) is 0 Å². The van der Waals surface area contributed by atoms with Gasteiger partial charge in [-0.05, 0) is 37.1 Å². The molecule has 1 N–H and O–H groups in total. The Balaban J connectivity index is 1.35. The highest BCUT2D eigenvalue weighted by Gasteiger charge is 2.14. The highest BCUT2D eigenvalue weighted by molar-refractivity contribution is 7.17. The third-order valence-electron chi connectivity index (χ3n) is 5.74. The van der Waals surface area contributed by atoms with Crippen LogP contribution in [0.15, 0.2) is 74.2 Å². The molecule has 0 saturated heterocycles. The molecule has 0 unspecified atom stereocenters. The van der Waals surface area contributed by atoms with E-state index in [1.165, 1.54) is 28.3 Å². The van der Waals surface area contributed by atoms with Crippen LogP contribution in [0, 0.1) is 13.8 Å². The molecule has 34 heavy (non-hydrogen) atoms. The SMILES string of the molecule is Cc1ccc(-c2csc3ncn(CCC(=O)Nc4ccc5c(C)cc(=O)oc5c4)c(=O)c23)cc1. The molecule has 2 aromatic carbocycles. The van der Waals surface area contributed by atoms with Crippen LogP contribution < -0.4 is 16.5 Å². The molecule has 8 heteroatoms. The highest BCUT2D eigenvalue weighted by Crippen LogP contribution is 2.30. The van der Waals surface area contributed by atoms with Gasteiger partial charge >= 0.3 is 5.63 Å². The number of aryl methyl sites for hydroxylation is 3. The number of aromatic nitrogens is 2. The van der Waals surface area contributed by atoms with Gasteiger partial charge in [0.1, 0.15) is 10.4 Å². The minimum Gasteiger partial charge on any atom is -0.423 e. The monoisotopic (exact) mass is 471 g/mol. The van der Waals surface area contributed by atoms with E-state index >= 15 is 0 Å². The number of anilines is 1. The average Bonchev–Trinajstić information content (AvgIpc) is 3.24. The second-order valence-corrected chi connectivity index (χ2v) is 9.05. The maximum absolute atomic E-state index is 13.2. The third-order valence-corrected chi connectivity index (χ3v) is 6.62. The number of fused-ring (bicyclic) bond motifs is 2. The zero-order chi connectivity index (χ0) is 23.8. The Kier molecular flexibility index (Phi) is 5.59. The Morgan fingerprint density at radius 3 is 2.68 bits per heavy atom. The summed E-state index contributed by atoms with van der Waals surface area (Å²) in [5, 5.41) is 6.12. The minimum absolute atomic E-state index is 0.0902. The van der Waals surface area contributed by atoms with Crippen molar-refractivity contribution in [1.82, 2.24) is 9.55 Å². The molecule has 1 amide bonds. The van der Waals surface area contributed by atoms with Crippen molar-refractivity contribution in [2.45, 2.75) is 26.8 Å². The number of nitrogens with one attached hydrogen (secondary N) is 1. The smallest absolute Gasteiger partial charge is 0.336 e. The Bertz CT molecular complexity index is 1660. The number of hydrogen-bond donors (Lipinski definition) is 1. The van der Waals surface area contributed by atoms with Gasteiger partial charge in [0, 0.05) is 47.1 Å². The van der Waals surface area contributed by atoms with Crippen LogP contribution in [0.4, 0.5) is 5.69 Å². The number of carbonyl (C=O) groups excluding carboxylic acids is 1. The molecule has 0 spiro atoms. The van der Waals surface area contributed by atoms with Gasteiger partial charge < -0.3 is 9.73 Å². The average molecular weight is 472 g/mol. The molecule has 5 rings (SSSR count). The number of nitrogens with zero attached hydrogens (tertiary/aromatic N) is 2. The van der Waals surface area contributed by atoms with Gasteiger partial charge in [-0.25, -0.2) is 9.78 Å². The van der Waals surface area contributed by atoms with Crippen LogP contribution in [0.3, 0.4) is 0 Å². The van der Waals surface area contributed by atoms with Crippen LogP contribution in [0.25, 0.3) is 32.3 Å². The molecule has 7 nitrogen and oxygen atoms in total. The number of hydrogen-bond acceptors (Lipinski definition) is 6. The van der Waals surface area contributed by atoms with Crippen LogP contribution in [-0.4, -0.2) is 15.5 Å². The quantitative estimate of drug-likeness (QED) is 0.369. The molecular weight excluding hydrogens is 450 g/mol. The van der Waals surface area contributed by atoms with E-state index in [1.807, 2.05) is 43.5 Å². The Morgan fingerprint density at radius 2 is 1.88 bits per heavy atom. The van der Waals surface area contributed by atoms with Gasteiger partial charge in [-0.15, -0.1) is 11.3 Å². The molecule has 0 radical (unpaired) electrons. The van der Waals surface area contributed by atoms with Crippen molar-refractivity contribution in [3.8, 4) is 11.1 Å². The van der Waals surface area contributed by atoms with Crippen molar-refractivity contribution in [3.63, 3.8) is 0 Å². The first-order chi connectivity index (χ1) is 16.4. The van der Waals surface area contributed by atoms with Crippen molar-refractivity contribution in [2.75, 3.05) is 5.32 Å². The zero-order valence-corrected chi connectivity index (χ0v) is 19.4. The minimum atomic E-state index is -0.436. The van der Waals surface area contributed by atoms with E-state index in [-0.39, 0.29) is 24.4 Å². The first kappa shape index (κ1) is 21.8. The normalized spacial score (nSPS) is 11.2. The summed E-state index contributed by atoms with van der Waals surface area (Å²) in [7, 11) is 0. The fourth-order valence-electron chi connectivity index (χ4n) is 3.92. The summed E-state index contributed by atoms with van der Waals surface area (Å²) in [6.45, 7) is 4.04. The van der Waals surface area contributed by atoms with E-state index in [2.05, 4.69) is 10.3 Å². The summed E-state index contributed by atoms with van der Waals surface area (Å²) >= 11 is 1.43. The standard InChI is InChI=1S/C26H21N3O4S/c1-15-3-5-17(6-4-15)20-13-34-25-24(20)26(32)29(14-27-25)10-9-22(30)28-18-7-8-19-16(2)11-23(31)33-21(19)12-18/h3-8,11-14H,9-10H2,1-2H3,(H,28,30). The van der Waals surface area contributed by atoms with Crippen LogP contribution in [-0.2, 0) is 11.3 Å². The van der Waals surface area contributed by atoms with Gasteiger partial charge in [0.25, 0.3) is 5.56 Å². The van der Waals surface area contributed by atoms with Crippen LogP contribution >= 0.6 is 11.3 Å². The summed E-state index contributed by atoms with van der Waals surface area (Å²) in [6.07, 6.45) is 1.58. The molecule has 5 aromatic rings. The lowest BCUT2D eigenvalue weighted by atomic mass is 10.1. The number of carbonyl (C=O) groups is 1. The lowest BCUT2D eigenvalue weighted by molar-refractivity contribution is -0.116. The Labute approximate surface area is 198 Å². The summed E-state index contributed by atoms with van der Waals surface area (Å²) in [6, 6.07) is 14.6. The summed E-state index contributed by atoms with van der Waals surface area (Å²) in [5.74, 6) is -0.259. The lowest BCUT2D eigenvalue weighted by Gasteiger charge is -2.09. The number of amides is 1. The number of thiophene rings is 1. The molecule has 0 saturated carbocycles. The Hall–Kier alpha value is -4.04. The number of benzene rings is 2. The van der Waals surface area contributed by atoms with Crippen LogP contribution in [0.1, 0.15) is 17.5 Å². The fourth-order valence-corrected chi connectivity index (χ4v) is 4.83. The summed E-state index contributed by atoms with van der Waals surface area (Å²) < 4.78 is 6.70. The maximum Gasteiger partial charge on any atom is 0.336 e. The molecule has 0 atom stereocenters. The Morgan fingerprint density at radius 1 is 1.09 bits per heavy atom. The van der Waals surface area contributed by atoms with Crippen molar-refractivity contribution in [2.24, 2.45) is 0 Å². The molecule has 0 bridgehead atoms. The van der Waals surface area contributed by atoms with Crippen molar-refractivity contribution >= 4 is 44.1 Å². The largest absolute Gasteiger partial charge is 0.423 e. The van der Waals surface area contributed by atoms with Gasteiger partial charge in [0.05, 0.1) is 11.7 Å². The van der Waals surface area contributed by atoms with E-state index in [1.54, 1.807) is 18.2 Å². The van der Waals surface area contributed by atoms with E-state index in [0.717, 1.165) is 27.6 Å². The summed E-state index contributed by atoms with van der Waals surface area (Å²) in [5.41, 5.74) is 4.10. The van der Waals surface area contributed by atoms with E-state index in [0.29, 0.717) is 21.5 Å². The van der Waals surface area contributed by atoms with Gasteiger partial charge in [0.15, 0.2) is 0 Å². The third kappa shape index (κ3) is 4.15. The molecule has 3 aromatic heterocycles. The predicted molar refractivity (Wildman–Crippen MR) is 135 cm³/mol. The molecule has 0 aliphatic heterocycles. The zero-order valence-electron chi connectivity index (χ0n) is 18.6. The molecule has 0 fully saturated rings. The van der Waals surface area contributed by atoms with Crippen molar-refractivity contribution in [3.05, 3.63) is 92.1 Å². The maximum atomic E-state index is 13.2. The van der Waals surface area contributed by atoms with E-state index in [9.17, 15) is 14.4 Å². The fraction of sp³-hybridized carbons (Fsp3) is 0.154. The lowest BCUT2D eigenvalue weighted by Crippen LogP contribution is -2.23. The predicted octanol–water partition coefficient (Wildman–Crippen LogP) is 4.88. The number of rotatable bonds is 5. The van der Waals surface area contributed by atoms with Gasteiger partial charge in [0.2, 0.25) is 5.91 Å². The topological polar surface area (TPSA) is 94.2 Å². The highest BCUT2D eigenvalue weighted by atomic mass is 32.1. The molecule has 0 aliphatic rings. The summed E-state index contributed by atoms with van der Waals surface area (Å²) in [4.78, 5) is 42.5. The second-order valence-electron chi connectivity index (χ2n) is 8.20. The molecule has 170 valence electrons. The van der Waals surface area contributed by atoms with Crippen LogP contribution in [0.5, 0.6) is 0 Å². The van der Waals surface area contributed by atoms with Crippen molar-refractivity contribution in [1.29, 1.82) is 0 Å². The van der Waals surface area contributed by atoms with Gasteiger partial charge in [-0.1, -0.05) is 29.8 Å². The molecule has 0 aliphatic carbocycles. The second kappa shape index (κ2) is 8.72. The van der Waals surface area contributed by atoms with E-state index < -0.39 is 5.63 Å². The van der Waals surface area contributed by atoms with Gasteiger partial charge in [-0.3, -0.25) is 14.2 Å². The van der Waals surface area contributed by atoms with E-state index in [4.69, 9.17) is 4.42 Å². The first-order valence-corrected chi connectivity index (χ1v) is 11.6. The van der Waals surface area contributed by atoms with Crippen LogP contribution in [0.2, 0.25) is 0 Å². The van der Waals surface area contributed by atoms with Crippen molar-refractivity contribution < 1.29 is 9.21 Å².